The van der Waals surface area contributed by atoms with Crippen molar-refractivity contribution in [2.45, 2.75) is 17.4 Å². The summed E-state index contributed by atoms with van der Waals surface area (Å²) < 4.78 is 21.3. The van der Waals surface area contributed by atoms with E-state index in [1.165, 1.54) is 17.0 Å². The van der Waals surface area contributed by atoms with E-state index < -0.39 is 17.2 Å². The van der Waals surface area contributed by atoms with Gasteiger partial charge in [0.1, 0.15) is 6.10 Å². The van der Waals surface area contributed by atoms with Crippen LogP contribution in [0, 0.1) is 0 Å². The van der Waals surface area contributed by atoms with Crippen molar-refractivity contribution in [3.8, 4) is 0 Å². The zero-order chi connectivity index (χ0) is 11.7. The lowest BCUT2D eigenvalue weighted by atomic mass is 10.3. The number of hydrogen-bond acceptors (Lipinski definition) is 4. The first-order valence-electron chi connectivity index (χ1n) is 4.78. The Kier molecular flexibility index (Phi) is 3.04. The molecule has 5 nitrogen and oxygen atoms in total. The van der Waals surface area contributed by atoms with Gasteiger partial charge in [-0.2, -0.15) is 0 Å². The van der Waals surface area contributed by atoms with Crippen LogP contribution in [0.5, 0.6) is 0 Å². The molecule has 1 unspecified atom stereocenters. The molecular formula is C10H10NO4S-. The maximum atomic E-state index is 11.5. The molecule has 0 spiro atoms. The molecule has 0 radical (unpaired) electrons. The third kappa shape index (κ3) is 1.99. The molecule has 1 aromatic rings. The highest BCUT2D eigenvalue weighted by atomic mass is 32.2. The van der Waals surface area contributed by atoms with E-state index in [0.717, 1.165) is 0 Å². The van der Waals surface area contributed by atoms with Gasteiger partial charge in [-0.1, -0.05) is 0 Å². The summed E-state index contributed by atoms with van der Waals surface area (Å²) in [5.74, 6) is -0.337. The van der Waals surface area contributed by atoms with Crippen molar-refractivity contribution in [1.29, 1.82) is 0 Å². The SMILES string of the molecule is O=C1[C@H](O)CCN1c1ccc(S(=O)[O-])cc1. The minimum Gasteiger partial charge on any atom is -0.768 e. The fourth-order valence-corrected chi connectivity index (χ4v) is 2.02. The zero-order valence-electron chi connectivity index (χ0n) is 8.33. The first-order valence-corrected chi connectivity index (χ1v) is 5.86. The van der Waals surface area contributed by atoms with Crippen LogP contribution in [0.4, 0.5) is 5.69 Å². The Morgan fingerprint density at radius 3 is 2.44 bits per heavy atom. The van der Waals surface area contributed by atoms with E-state index in [1.807, 2.05) is 0 Å². The van der Waals surface area contributed by atoms with Gasteiger partial charge in [0.05, 0.1) is 0 Å². The number of carbonyl (C=O) groups is 1. The van der Waals surface area contributed by atoms with Gasteiger partial charge in [-0.15, -0.1) is 0 Å². The third-order valence-electron chi connectivity index (χ3n) is 2.52. The number of rotatable bonds is 2. The zero-order valence-corrected chi connectivity index (χ0v) is 9.14. The Labute approximate surface area is 95.0 Å². The summed E-state index contributed by atoms with van der Waals surface area (Å²) in [5.41, 5.74) is 0.607. The topological polar surface area (TPSA) is 80.7 Å². The van der Waals surface area contributed by atoms with Crippen molar-refractivity contribution in [3.05, 3.63) is 24.3 Å². The molecule has 2 rings (SSSR count). The van der Waals surface area contributed by atoms with Crippen molar-refractivity contribution >= 4 is 22.7 Å². The number of benzene rings is 1. The maximum absolute atomic E-state index is 11.5. The second kappa shape index (κ2) is 4.32. The monoisotopic (exact) mass is 240 g/mol. The van der Waals surface area contributed by atoms with Gasteiger partial charge in [-0.3, -0.25) is 9.00 Å². The van der Waals surface area contributed by atoms with Crippen LogP contribution in [-0.4, -0.2) is 32.4 Å². The number of carbonyl (C=O) groups excluding carboxylic acids is 1. The molecule has 1 fully saturated rings. The summed E-state index contributed by atoms with van der Waals surface area (Å²) >= 11 is -2.26. The summed E-state index contributed by atoms with van der Waals surface area (Å²) in [5, 5.41) is 9.28. The highest BCUT2D eigenvalue weighted by molar-refractivity contribution is 7.79. The van der Waals surface area contributed by atoms with E-state index in [9.17, 15) is 18.7 Å². The fourth-order valence-electron chi connectivity index (χ4n) is 1.66. The molecule has 86 valence electrons. The van der Waals surface area contributed by atoms with Gasteiger partial charge in [0.15, 0.2) is 0 Å². The van der Waals surface area contributed by atoms with E-state index in [2.05, 4.69) is 0 Å². The molecule has 1 N–H and O–H groups in total. The third-order valence-corrected chi connectivity index (χ3v) is 3.18. The van der Waals surface area contributed by atoms with E-state index in [4.69, 9.17) is 0 Å². The molecule has 1 heterocycles. The Hall–Kier alpha value is -1.24. The molecule has 1 aliphatic rings. The Morgan fingerprint density at radius 1 is 1.38 bits per heavy atom. The minimum absolute atomic E-state index is 0.177. The molecule has 16 heavy (non-hydrogen) atoms. The molecule has 1 aliphatic heterocycles. The minimum atomic E-state index is -2.26. The molecule has 2 atom stereocenters. The molecule has 1 saturated heterocycles. The normalized spacial score (nSPS) is 22.5. The van der Waals surface area contributed by atoms with E-state index in [-0.39, 0.29) is 10.8 Å². The van der Waals surface area contributed by atoms with Crippen LogP contribution >= 0.6 is 0 Å². The molecule has 0 saturated carbocycles. The molecule has 1 amide bonds. The Bertz CT molecular complexity index is 431. The molecule has 0 aliphatic carbocycles. The van der Waals surface area contributed by atoms with Crippen molar-refractivity contribution < 1.29 is 18.7 Å². The lowest BCUT2D eigenvalue weighted by Gasteiger charge is -2.16. The van der Waals surface area contributed by atoms with Crippen LogP contribution in [0.2, 0.25) is 0 Å². The van der Waals surface area contributed by atoms with Crippen molar-refractivity contribution in [2.75, 3.05) is 11.4 Å². The van der Waals surface area contributed by atoms with Crippen molar-refractivity contribution in [2.24, 2.45) is 0 Å². The molecule has 0 aromatic heterocycles. The number of amides is 1. The van der Waals surface area contributed by atoms with Gasteiger partial charge in [0.25, 0.3) is 5.91 Å². The van der Waals surface area contributed by atoms with Crippen LogP contribution in [0.3, 0.4) is 0 Å². The Morgan fingerprint density at radius 2 is 2.00 bits per heavy atom. The quantitative estimate of drug-likeness (QED) is 0.739. The number of aliphatic hydroxyl groups is 1. The lowest BCUT2D eigenvalue weighted by molar-refractivity contribution is -0.123. The average Bonchev–Trinajstić information content (AvgIpc) is 2.60. The molecular weight excluding hydrogens is 230 g/mol. The van der Waals surface area contributed by atoms with E-state index >= 15 is 0 Å². The molecule has 6 heteroatoms. The summed E-state index contributed by atoms with van der Waals surface area (Å²) in [6.45, 7) is 0.458. The van der Waals surface area contributed by atoms with Gasteiger partial charge in [-0.05, 0) is 35.3 Å². The van der Waals surface area contributed by atoms with E-state index in [0.29, 0.717) is 18.7 Å². The number of hydrogen-bond donors (Lipinski definition) is 1. The van der Waals surface area contributed by atoms with Gasteiger partial charge >= 0.3 is 0 Å². The maximum Gasteiger partial charge on any atom is 0.255 e. The summed E-state index contributed by atoms with van der Waals surface area (Å²) in [6.07, 6.45) is -0.526. The molecule has 0 bridgehead atoms. The number of nitrogens with zero attached hydrogens (tertiary/aromatic N) is 1. The Balaban J connectivity index is 2.22. The van der Waals surface area contributed by atoms with E-state index in [1.54, 1.807) is 12.1 Å². The van der Waals surface area contributed by atoms with Crippen molar-refractivity contribution in [3.63, 3.8) is 0 Å². The lowest BCUT2D eigenvalue weighted by Crippen LogP contribution is -2.28. The first-order chi connectivity index (χ1) is 7.59. The van der Waals surface area contributed by atoms with Crippen LogP contribution < -0.4 is 4.90 Å². The number of anilines is 1. The van der Waals surface area contributed by atoms with Gasteiger partial charge < -0.3 is 14.6 Å². The number of aliphatic hydroxyl groups excluding tert-OH is 1. The average molecular weight is 240 g/mol. The summed E-state index contributed by atoms with van der Waals surface area (Å²) in [4.78, 5) is 13.1. The van der Waals surface area contributed by atoms with Crippen LogP contribution in [0.1, 0.15) is 6.42 Å². The van der Waals surface area contributed by atoms with Crippen LogP contribution in [-0.2, 0) is 15.9 Å². The fraction of sp³-hybridized carbons (Fsp3) is 0.300. The smallest absolute Gasteiger partial charge is 0.255 e. The predicted molar refractivity (Wildman–Crippen MR) is 56.6 cm³/mol. The second-order valence-electron chi connectivity index (χ2n) is 3.52. The first kappa shape index (κ1) is 11.3. The van der Waals surface area contributed by atoms with Gasteiger partial charge in [-0.25, -0.2) is 0 Å². The molecule has 1 aromatic carbocycles. The highest BCUT2D eigenvalue weighted by Gasteiger charge is 2.30. The highest BCUT2D eigenvalue weighted by Crippen LogP contribution is 2.22. The summed E-state index contributed by atoms with van der Waals surface area (Å²) in [7, 11) is 0. The van der Waals surface area contributed by atoms with Crippen molar-refractivity contribution in [1.82, 2.24) is 0 Å². The summed E-state index contributed by atoms with van der Waals surface area (Å²) in [6, 6.07) is 5.97. The van der Waals surface area contributed by atoms with Crippen LogP contribution in [0.25, 0.3) is 0 Å². The predicted octanol–water partition coefficient (Wildman–Crippen LogP) is 0.0222. The van der Waals surface area contributed by atoms with Gasteiger partial charge in [0, 0.05) is 23.5 Å². The van der Waals surface area contributed by atoms with Crippen LogP contribution in [0.15, 0.2) is 29.2 Å². The largest absolute Gasteiger partial charge is 0.768 e. The second-order valence-corrected chi connectivity index (χ2v) is 4.46. The van der Waals surface area contributed by atoms with Gasteiger partial charge in [0.2, 0.25) is 0 Å². The standard InChI is InChI=1S/C10H11NO4S/c12-9-5-6-11(10(9)13)7-1-3-8(4-2-7)16(14)15/h1-4,9,12H,5-6H2,(H,14,15)/p-1/t9-/m1/s1.